The van der Waals surface area contributed by atoms with Crippen molar-refractivity contribution in [1.29, 1.82) is 0 Å². The molecular formula is C12H11N3S. The summed E-state index contributed by atoms with van der Waals surface area (Å²) in [4.78, 5) is 4.02. The Labute approximate surface area is 97.2 Å². The van der Waals surface area contributed by atoms with Crippen LogP contribution in [0.4, 0.5) is 5.95 Å². The molecule has 80 valence electrons. The number of benzene rings is 1. The molecular weight excluding hydrogens is 218 g/mol. The van der Waals surface area contributed by atoms with Crippen molar-refractivity contribution in [3.63, 3.8) is 0 Å². The molecule has 2 heterocycles. The Morgan fingerprint density at radius 2 is 2.19 bits per heavy atom. The fraction of sp³-hybridized carbons (Fsp3) is 0.0833. The predicted octanol–water partition coefficient (Wildman–Crippen LogP) is 2.73. The van der Waals surface area contributed by atoms with Gasteiger partial charge in [-0.1, -0.05) is 18.2 Å². The van der Waals surface area contributed by atoms with E-state index in [2.05, 4.69) is 34.6 Å². The van der Waals surface area contributed by atoms with Crippen molar-refractivity contribution in [3.8, 4) is 0 Å². The maximum absolute atomic E-state index is 5.76. The molecule has 16 heavy (non-hydrogen) atoms. The Kier molecular flexibility index (Phi) is 2.15. The molecule has 2 N–H and O–H groups in total. The summed E-state index contributed by atoms with van der Waals surface area (Å²) < 4.78 is 3.27. The van der Waals surface area contributed by atoms with Gasteiger partial charge in [0.05, 0.1) is 6.54 Å². The summed E-state index contributed by atoms with van der Waals surface area (Å²) in [6.07, 6.45) is 3.63. The van der Waals surface area contributed by atoms with Crippen molar-refractivity contribution >= 4 is 27.4 Å². The second-order valence-corrected chi connectivity index (χ2v) is 4.58. The first-order valence-electron chi connectivity index (χ1n) is 5.06. The van der Waals surface area contributed by atoms with Crippen LogP contribution in [0, 0.1) is 0 Å². The van der Waals surface area contributed by atoms with E-state index in [4.69, 9.17) is 5.73 Å². The second kappa shape index (κ2) is 3.64. The molecule has 3 rings (SSSR count). The molecule has 0 saturated carbocycles. The Balaban J connectivity index is 2.04. The number of rotatable bonds is 2. The quantitative estimate of drug-likeness (QED) is 0.734. The maximum atomic E-state index is 5.76. The summed E-state index contributed by atoms with van der Waals surface area (Å²) in [5, 5.41) is 3.49. The number of hydrogen-bond acceptors (Lipinski definition) is 3. The lowest BCUT2D eigenvalue weighted by atomic mass is 10.2. The van der Waals surface area contributed by atoms with E-state index in [0.29, 0.717) is 5.95 Å². The van der Waals surface area contributed by atoms with Gasteiger partial charge in [0.1, 0.15) is 0 Å². The molecule has 4 heteroatoms. The molecule has 0 bridgehead atoms. The van der Waals surface area contributed by atoms with Gasteiger partial charge >= 0.3 is 0 Å². The van der Waals surface area contributed by atoms with Gasteiger partial charge in [-0.2, -0.15) is 0 Å². The minimum atomic E-state index is 0.565. The van der Waals surface area contributed by atoms with Gasteiger partial charge in [-0.05, 0) is 22.4 Å². The SMILES string of the molecule is Nc1nccn1Cc1csc2ccccc12. The standard InChI is InChI=1S/C12H11N3S/c13-12-14-5-6-15(12)7-9-8-16-11-4-2-1-3-10(9)11/h1-6,8H,7H2,(H2,13,14). The molecule has 3 aromatic rings. The average Bonchev–Trinajstić information content (AvgIpc) is 2.88. The largest absolute Gasteiger partial charge is 0.369 e. The zero-order valence-electron chi connectivity index (χ0n) is 8.63. The summed E-state index contributed by atoms with van der Waals surface area (Å²) in [6.45, 7) is 0.788. The van der Waals surface area contributed by atoms with E-state index >= 15 is 0 Å². The molecule has 3 nitrogen and oxygen atoms in total. The van der Waals surface area contributed by atoms with Crippen LogP contribution in [0.15, 0.2) is 42.0 Å². The van der Waals surface area contributed by atoms with Crippen molar-refractivity contribution in [1.82, 2.24) is 9.55 Å². The van der Waals surface area contributed by atoms with E-state index in [1.165, 1.54) is 15.6 Å². The van der Waals surface area contributed by atoms with E-state index in [-0.39, 0.29) is 0 Å². The van der Waals surface area contributed by atoms with Crippen LogP contribution in [0.2, 0.25) is 0 Å². The number of anilines is 1. The van der Waals surface area contributed by atoms with Crippen molar-refractivity contribution in [2.45, 2.75) is 6.54 Å². The van der Waals surface area contributed by atoms with Crippen molar-refractivity contribution < 1.29 is 0 Å². The van der Waals surface area contributed by atoms with Gasteiger partial charge in [0.25, 0.3) is 0 Å². The lowest BCUT2D eigenvalue weighted by Crippen LogP contribution is -2.02. The molecule has 0 atom stereocenters. The number of fused-ring (bicyclic) bond motifs is 1. The maximum Gasteiger partial charge on any atom is 0.200 e. The lowest BCUT2D eigenvalue weighted by molar-refractivity contribution is 0.819. The summed E-state index contributed by atoms with van der Waals surface area (Å²) in [5.41, 5.74) is 7.05. The highest BCUT2D eigenvalue weighted by molar-refractivity contribution is 7.17. The van der Waals surface area contributed by atoms with Crippen LogP contribution in [0.3, 0.4) is 0 Å². The van der Waals surface area contributed by atoms with Gasteiger partial charge in [-0.3, -0.25) is 0 Å². The summed E-state index contributed by atoms with van der Waals surface area (Å²) in [7, 11) is 0. The first kappa shape index (κ1) is 9.42. The third kappa shape index (κ3) is 1.47. The first-order chi connectivity index (χ1) is 7.84. The van der Waals surface area contributed by atoms with Crippen LogP contribution in [0.5, 0.6) is 0 Å². The minimum absolute atomic E-state index is 0.565. The molecule has 0 unspecified atom stereocenters. The molecule has 0 fully saturated rings. The van der Waals surface area contributed by atoms with Crippen LogP contribution in [-0.2, 0) is 6.54 Å². The van der Waals surface area contributed by atoms with Gasteiger partial charge in [-0.25, -0.2) is 4.98 Å². The van der Waals surface area contributed by atoms with Gasteiger partial charge in [0, 0.05) is 17.1 Å². The number of nitrogens with zero attached hydrogens (tertiary/aromatic N) is 2. The van der Waals surface area contributed by atoms with E-state index < -0.39 is 0 Å². The Morgan fingerprint density at radius 3 is 3.00 bits per heavy atom. The normalized spacial score (nSPS) is 11.0. The number of aromatic nitrogens is 2. The van der Waals surface area contributed by atoms with Crippen LogP contribution in [0.25, 0.3) is 10.1 Å². The Hall–Kier alpha value is -1.81. The molecule has 0 aliphatic carbocycles. The molecule has 0 saturated heterocycles. The van der Waals surface area contributed by atoms with Crippen LogP contribution >= 0.6 is 11.3 Å². The highest BCUT2D eigenvalue weighted by atomic mass is 32.1. The summed E-state index contributed by atoms with van der Waals surface area (Å²) >= 11 is 1.77. The summed E-state index contributed by atoms with van der Waals surface area (Å²) in [6, 6.07) is 8.42. The van der Waals surface area contributed by atoms with E-state index in [1.807, 2.05) is 10.8 Å². The fourth-order valence-electron chi connectivity index (χ4n) is 1.81. The van der Waals surface area contributed by atoms with Crippen molar-refractivity contribution in [2.24, 2.45) is 0 Å². The zero-order valence-corrected chi connectivity index (χ0v) is 9.45. The van der Waals surface area contributed by atoms with E-state index in [9.17, 15) is 0 Å². The Morgan fingerprint density at radius 1 is 1.31 bits per heavy atom. The number of hydrogen-bond donors (Lipinski definition) is 1. The van der Waals surface area contributed by atoms with Crippen LogP contribution in [0.1, 0.15) is 5.56 Å². The zero-order chi connectivity index (χ0) is 11.0. The summed E-state index contributed by atoms with van der Waals surface area (Å²) in [5.74, 6) is 0.565. The van der Waals surface area contributed by atoms with E-state index in [0.717, 1.165) is 6.54 Å². The fourth-order valence-corrected chi connectivity index (χ4v) is 2.77. The second-order valence-electron chi connectivity index (χ2n) is 3.67. The number of imidazole rings is 1. The minimum Gasteiger partial charge on any atom is -0.369 e. The van der Waals surface area contributed by atoms with Crippen LogP contribution in [-0.4, -0.2) is 9.55 Å². The molecule has 0 amide bonds. The van der Waals surface area contributed by atoms with Crippen LogP contribution < -0.4 is 5.73 Å². The van der Waals surface area contributed by atoms with Gasteiger partial charge in [-0.15, -0.1) is 11.3 Å². The third-order valence-corrected chi connectivity index (χ3v) is 3.66. The number of thiophene rings is 1. The molecule has 0 radical (unpaired) electrons. The highest BCUT2D eigenvalue weighted by Gasteiger charge is 2.05. The predicted molar refractivity (Wildman–Crippen MR) is 67.6 cm³/mol. The van der Waals surface area contributed by atoms with Gasteiger partial charge in [0.15, 0.2) is 5.95 Å². The number of nitrogen functional groups attached to an aromatic ring is 1. The molecule has 0 spiro atoms. The topological polar surface area (TPSA) is 43.8 Å². The molecule has 0 aliphatic heterocycles. The van der Waals surface area contributed by atoms with Crippen molar-refractivity contribution in [3.05, 3.63) is 47.6 Å². The smallest absolute Gasteiger partial charge is 0.200 e. The number of nitrogens with two attached hydrogens (primary N) is 1. The van der Waals surface area contributed by atoms with Gasteiger partial charge in [0.2, 0.25) is 0 Å². The van der Waals surface area contributed by atoms with Gasteiger partial charge < -0.3 is 10.3 Å². The third-order valence-electron chi connectivity index (χ3n) is 2.65. The Bertz CT molecular complexity index is 624. The molecule has 2 aromatic heterocycles. The average molecular weight is 229 g/mol. The molecule has 1 aromatic carbocycles. The lowest BCUT2D eigenvalue weighted by Gasteiger charge is -2.03. The highest BCUT2D eigenvalue weighted by Crippen LogP contribution is 2.26. The van der Waals surface area contributed by atoms with E-state index in [1.54, 1.807) is 17.5 Å². The first-order valence-corrected chi connectivity index (χ1v) is 5.94. The molecule has 0 aliphatic rings. The van der Waals surface area contributed by atoms with Crippen molar-refractivity contribution in [2.75, 3.05) is 5.73 Å². The monoisotopic (exact) mass is 229 g/mol.